The van der Waals surface area contributed by atoms with Gasteiger partial charge < -0.3 is 0 Å². The van der Waals surface area contributed by atoms with E-state index in [1.54, 1.807) is 0 Å². The first-order valence-electron chi connectivity index (χ1n) is 4.87. The second-order valence-electron chi connectivity index (χ2n) is 3.62. The average Bonchev–Trinajstić information content (AvgIpc) is 2.67. The van der Waals surface area contributed by atoms with Gasteiger partial charge in [0.1, 0.15) is 0 Å². The van der Waals surface area contributed by atoms with Crippen molar-refractivity contribution >= 4 is 11.6 Å². The zero-order chi connectivity index (χ0) is 9.10. The number of hydrogen-bond acceptors (Lipinski definition) is 2. The van der Waals surface area contributed by atoms with Crippen LogP contribution in [0, 0.1) is 0 Å². The van der Waals surface area contributed by atoms with Crippen molar-refractivity contribution in [2.24, 2.45) is 0 Å². The summed E-state index contributed by atoms with van der Waals surface area (Å²) >= 11 is 5.66. The SMILES string of the molecule is ClCc1cn(C2CCCCC2)nn1. The third kappa shape index (κ3) is 2.02. The summed E-state index contributed by atoms with van der Waals surface area (Å²) < 4.78 is 1.98. The lowest BCUT2D eigenvalue weighted by molar-refractivity contribution is 0.324. The summed E-state index contributed by atoms with van der Waals surface area (Å²) in [6.45, 7) is 0. The fourth-order valence-corrected chi connectivity index (χ4v) is 2.02. The maximum Gasteiger partial charge on any atom is 0.0974 e. The minimum absolute atomic E-state index is 0.465. The molecule has 2 rings (SSSR count). The summed E-state index contributed by atoms with van der Waals surface area (Å²) in [5.41, 5.74) is 0.882. The highest BCUT2D eigenvalue weighted by atomic mass is 35.5. The molecule has 72 valence electrons. The summed E-state index contributed by atoms with van der Waals surface area (Å²) in [5, 5.41) is 8.08. The van der Waals surface area contributed by atoms with Gasteiger partial charge in [0.25, 0.3) is 0 Å². The van der Waals surface area contributed by atoms with Gasteiger partial charge in [0.05, 0.1) is 17.6 Å². The highest BCUT2D eigenvalue weighted by Gasteiger charge is 2.16. The fraction of sp³-hybridized carbons (Fsp3) is 0.778. The number of nitrogens with zero attached hydrogens (tertiary/aromatic N) is 3. The molecule has 1 fully saturated rings. The molecule has 1 aliphatic rings. The predicted octanol–water partition coefficient (Wildman–Crippen LogP) is 2.52. The topological polar surface area (TPSA) is 30.7 Å². The summed E-state index contributed by atoms with van der Waals surface area (Å²) in [5.74, 6) is 0.465. The second-order valence-corrected chi connectivity index (χ2v) is 3.88. The predicted molar refractivity (Wildman–Crippen MR) is 51.7 cm³/mol. The highest BCUT2D eigenvalue weighted by Crippen LogP contribution is 2.27. The molecule has 0 aromatic carbocycles. The van der Waals surface area contributed by atoms with E-state index in [0.717, 1.165) is 5.69 Å². The van der Waals surface area contributed by atoms with E-state index in [0.29, 0.717) is 11.9 Å². The van der Waals surface area contributed by atoms with Crippen LogP contribution in [0.2, 0.25) is 0 Å². The van der Waals surface area contributed by atoms with Crippen molar-refractivity contribution in [1.29, 1.82) is 0 Å². The standard InChI is InChI=1S/C9H14ClN3/c10-6-8-7-13(12-11-8)9-4-2-1-3-5-9/h7,9H,1-6H2. The van der Waals surface area contributed by atoms with Crippen LogP contribution in [0.5, 0.6) is 0 Å². The van der Waals surface area contributed by atoms with Gasteiger partial charge in [0.15, 0.2) is 0 Å². The minimum atomic E-state index is 0.465. The molecule has 3 nitrogen and oxygen atoms in total. The van der Waals surface area contributed by atoms with Gasteiger partial charge in [-0.15, -0.1) is 16.7 Å². The molecule has 1 saturated carbocycles. The Morgan fingerprint density at radius 1 is 1.38 bits per heavy atom. The maximum atomic E-state index is 5.66. The van der Waals surface area contributed by atoms with E-state index >= 15 is 0 Å². The molecule has 1 aromatic heterocycles. The Labute approximate surface area is 83.1 Å². The summed E-state index contributed by atoms with van der Waals surface area (Å²) in [6.07, 6.45) is 8.47. The van der Waals surface area contributed by atoms with Crippen LogP contribution in [0.4, 0.5) is 0 Å². The molecule has 0 amide bonds. The monoisotopic (exact) mass is 199 g/mol. The van der Waals surface area contributed by atoms with Crippen LogP contribution in [-0.2, 0) is 5.88 Å². The highest BCUT2D eigenvalue weighted by molar-refractivity contribution is 6.16. The number of hydrogen-bond donors (Lipinski definition) is 0. The van der Waals surface area contributed by atoms with Crippen LogP contribution in [0.3, 0.4) is 0 Å². The van der Waals surface area contributed by atoms with Gasteiger partial charge in [-0.3, -0.25) is 0 Å². The Morgan fingerprint density at radius 3 is 2.77 bits per heavy atom. The minimum Gasteiger partial charge on any atom is -0.249 e. The van der Waals surface area contributed by atoms with Gasteiger partial charge in [-0.1, -0.05) is 24.5 Å². The Hall–Kier alpha value is -0.570. The van der Waals surface area contributed by atoms with Crippen LogP contribution in [0.25, 0.3) is 0 Å². The van der Waals surface area contributed by atoms with Gasteiger partial charge in [-0.05, 0) is 12.8 Å². The zero-order valence-corrected chi connectivity index (χ0v) is 8.37. The lowest BCUT2D eigenvalue weighted by Gasteiger charge is -2.20. The van der Waals surface area contributed by atoms with Crippen molar-refractivity contribution in [3.8, 4) is 0 Å². The third-order valence-corrected chi connectivity index (χ3v) is 2.92. The first kappa shape index (κ1) is 9.00. The quantitative estimate of drug-likeness (QED) is 0.686. The smallest absolute Gasteiger partial charge is 0.0974 e. The van der Waals surface area contributed by atoms with Crippen molar-refractivity contribution < 1.29 is 0 Å². The Bertz CT molecular complexity index is 266. The van der Waals surface area contributed by atoms with E-state index in [4.69, 9.17) is 11.6 Å². The van der Waals surface area contributed by atoms with E-state index in [-0.39, 0.29) is 0 Å². The molecule has 0 bridgehead atoms. The van der Waals surface area contributed by atoms with E-state index in [1.165, 1.54) is 32.1 Å². The molecule has 13 heavy (non-hydrogen) atoms. The molecule has 1 heterocycles. The van der Waals surface area contributed by atoms with Gasteiger partial charge >= 0.3 is 0 Å². The van der Waals surface area contributed by atoms with E-state index in [9.17, 15) is 0 Å². The maximum absolute atomic E-state index is 5.66. The zero-order valence-electron chi connectivity index (χ0n) is 7.62. The van der Waals surface area contributed by atoms with Crippen molar-refractivity contribution in [2.45, 2.75) is 44.0 Å². The largest absolute Gasteiger partial charge is 0.249 e. The lowest BCUT2D eigenvalue weighted by atomic mass is 9.96. The molecule has 0 unspecified atom stereocenters. The number of aromatic nitrogens is 3. The van der Waals surface area contributed by atoms with E-state index in [2.05, 4.69) is 10.3 Å². The normalized spacial score (nSPS) is 19.2. The molecule has 4 heteroatoms. The van der Waals surface area contributed by atoms with Crippen molar-refractivity contribution in [3.63, 3.8) is 0 Å². The number of rotatable bonds is 2. The first-order valence-corrected chi connectivity index (χ1v) is 5.40. The molecule has 1 aliphatic carbocycles. The summed E-state index contributed by atoms with van der Waals surface area (Å²) in [7, 11) is 0. The second kappa shape index (κ2) is 4.09. The molecule has 0 aliphatic heterocycles. The first-order chi connectivity index (χ1) is 6.40. The van der Waals surface area contributed by atoms with Crippen LogP contribution in [0.15, 0.2) is 6.20 Å². The Morgan fingerprint density at radius 2 is 2.15 bits per heavy atom. The fourth-order valence-electron chi connectivity index (χ4n) is 1.90. The number of halogens is 1. The lowest BCUT2D eigenvalue weighted by Crippen LogP contribution is -2.13. The molecule has 0 N–H and O–H groups in total. The Balaban J connectivity index is 2.05. The van der Waals surface area contributed by atoms with Gasteiger partial charge in [-0.25, -0.2) is 4.68 Å². The molecular weight excluding hydrogens is 186 g/mol. The molecule has 1 aromatic rings. The van der Waals surface area contributed by atoms with Crippen LogP contribution >= 0.6 is 11.6 Å². The van der Waals surface area contributed by atoms with Crippen LogP contribution in [-0.4, -0.2) is 15.0 Å². The van der Waals surface area contributed by atoms with Gasteiger partial charge in [0, 0.05) is 6.20 Å². The molecular formula is C9H14ClN3. The van der Waals surface area contributed by atoms with E-state index < -0.39 is 0 Å². The van der Waals surface area contributed by atoms with Crippen LogP contribution in [0.1, 0.15) is 43.8 Å². The summed E-state index contributed by atoms with van der Waals surface area (Å²) in [4.78, 5) is 0. The number of alkyl halides is 1. The van der Waals surface area contributed by atoms with Crippen LogP contribution < -0.4 is 0 Å². The Kier molecular flexibility index (Phi) is 2.83. The van der Waals surface area contributed by atoms with Crippen molar-refractivity contribution in [2.75, 3.05) is 0 Å². The van der Waals surface area contributed by atoms with E-state index in [1.807, 2.05) is 10.9 Å². The third-order valence-electron chi connectivity index (χ3n) is 2.64. The molecule has 0 atom stereocenters. The molecule has 0 spiro atoms. The van der Waals surface area contributed by atoms with Gasteiger partial charge in [0.2, 0.25) is 0 Å². The van der Waals surface area contributed by atoms with Crippen molar-refractivity contribution in [1.82, 2.24) is 15.0 Å². The molecule has 0 saturated heterocycles. The van der Waals surface area contributed by atoms with Gasteiger partial charge in [-0.2, -0.15) is 0 Å². The average molecular weight is 200 g/mol. The summed E-state index contributed by atoms with van der Waals surface area (Å²) in [6, 6.07) is 0.568. The van der Waals surface area contributed by atoms with Crippen molar-refractivity contribution in [3.05, 3.63) is 11.9 Å². The molecule has 0 radical (unpaired) electrons.